The molecular weight excluding hydrogens is 392 g/mol. The third kappa shape index (κ3) is 3.78. The van der Waals surface area contributed by atoms with Crippen molar-refractivity contribution >= 4 is 37.2 Å². The maximum Gasteiger partial charge on any atom is 0.201 e. The minimum Gasteiger partial charge on any atom is -0.341 e. The molecule has 0 amide bonds. The predicted molar refractivity (Wildman–Crippen MR) is 116 cm³/mol. The fourth-order valence-corrected chi connectivity index (χ4v) is 5.13. The number of benzene rings is 1. The molecule has 3 heterocycles. The van der Waals surface area contributed by atoms with Gasteiger partial charge in [0.25, 0.3) is 0 Å². The Bertz CT molecular complexity index is 1030. The predicted octanol–water partition coefficient (Wildman–Crippen LogP) is 2.79. The van der Waals surface area contributed by atoms with Crippen LogP contribution < -0.4 is 0 Å². The van der Waals surface area contributed by atoms with E-state index < -0.39 is 9.73 Å². The highest BCUT2D eigenvalue weighted by atomic mass is 32.2. The lowest BCUT2D eigenvalue weighted by atomic mass is 10.1. The molecular formula is C19H26N6OS2. The lowest BCUT2D eigenvalue weighted by Crippen LogP contribution is -2.54. The molecule has 2 atom stereocenters. The summed E-state index contributed by atoms with van der Waals surface area (Å²) in [5.41, 5.74) is 4.28. The number of thiazole rings is 1. The van der Waals surface area contributed by atoms with Crippen molar-refractivity contribution in [2.75, 3.05) is 46.0 Å². The molecule has 7 nitrogen and oxygen atoms in total. The number of aromatic nitrogens is 1. The van der Waals surface area contributed by atoms with Crippen LogP contribution in [0.2, 0.25) is 0 Å². The fraction of sp³-hybridized carbons (Fsp3) is 0.474. The minimum atomic E-state index is -2.69. The molecule has 1 aromatic carbocycles. The van der Waals surface area contributed by atoms with Gasteiger partial charge in [-0.2, -0.15) is 0 Å². The van der Waals surface area contributed by atoms with Gasteiger partial charge in [0.1, 0.15) is 0 Å². The van der Waals surface area contributed by atoms with E-state index >= 15 is 0 Å². The lowest BCUT2D eigenvalue weighted by Gasteiger charge is -2.42. The van der Waals surface area contributed by atoms with Gasteiger partial charge in [-0.15, -0.1) is 11.3 Å². The van der Waals surface area contributed by atoms with Crippen LogP contribution in [-0.2, 0) is 9.73 Å². The number of likely N-dealkylation sites (N-methyl/N-ethyl adjacent to an activating group) is 1. The second kappa shape index (κ2) is 7.46. The van der Waals surface area contributed by atoms with Crippen LogP contribution in [0.1, 0.15) is 18.5 Å². The molecule has 0 unspecified atom stereocenters. The van der Waals surface area contributed by atoms with Crippen molar-refractivity contribution in [3.05, 3.63) is 40.4 Å². The number of nitrogens with zero attached hydrogens (tertiary/aromatic N) is 5. The summed E-state index contributed by atoms with van der Waals surface area (Å²) >= 11 is 1.68. The Morgan fingerprint density at radius 2 is 2.00 bits per heavy atom. The molecule has 0 spiro atoms. The molecule has 2 aromatic rings. The summed E-state index contributed by atoms with van der Waals surface area (Å²) < 4.78 is 21.0. The van der Waals surface area contributed by atoms with Crippen LogP contribution in [0.25, 0.3) is 10.2 Å². The summed E-state index contributed by atoms with van der Waals surface area (Å²) in [6.07, 6.45) is 3.08. The topological polar surface area (TPSA) is 75.9 Å². The molecule has 0 bridgehead atoms. The second-order valence-electron chi connectivity index (χ2n) is 7.50. The van der Waals surface area contributed by atoms with Gasteiger partial charge in [0.05, 0.1) is 36.9 Å². The lowest BCUT2D eigenvalue weighted by molar-refractivity contribution is 0.133. The zero-order valence-electron chi connectivity index (χ0n) is 16.5. The number of nitrogens with one attached hydrogen (secondary N) is 1. The first-order chi connectivity index (χ1) is 13.3. The van der Waals surface area contributed by atoms with Crippen LogP contribution in [0.3, 0.4) is 0 Å². The van der Waals surface area contributed by atoms with E-state index in [4.69, 9.17) is 4.78 Å². The number of rotatable bonds is 3. The third-order valence-corrected chi connectivity index (χ3v) is 7.59. The van der Waals surface area contributed by atoms with Crippen LogP contribution in [0.15, 0.2) is 39.8 Å². The van der Waals surface area contributed by atoms with E-state index in [0.717, 1.165) is 37.7 Å². The average Bonchev–Trinajstić information content (AvgIpc) is 3.14. The number of hydrogen-bond donors (Lipinski definition) is 1. The zero-order chi connectivity index (χ0) is 19.9. The second-order valence-corrected chi connectivity index (χ2v) is 10.6. The number of piperazine rings is 1. The average molecular weight is 419 g/mol. The van der Waals surface area contributed by atoms with Gasteiger partial charge in [-0.3, -0.25) is 4.90 Å². The number of guanidine groups is 1. The zero-order valence-corrected chi connectivity index (χ0v) is 18.1. The fourth-order valence-electron chi connectivity index (χ4n) is 3.78. The molecule has 0 saturated carbocycles. The van der Waals surface area contributed by atoms with E-state index in [1.165, 1.54) is 16.5 Å². The Kier molecular flexibility index (Phi) is 5.15. The highest BCUT2D eigenvalue weighted by molar-refractivity contribution is 7.95. The van der Waals surface area contributed by atoms with Gasteiger partial charge < -0.3 is 9.80 Å². The van der Waals surface area contributed by atoms with Crippen molar-refractivity contribution in [1.29, 1.82) is 4.78 Å². The Morgan fingerprint density at radius 1 is 1.25 bits per heavy atom. The van der Waals surface area contributed by atoms with E-state index in [0.29, 0.717) is 17.5 Å². The first-order valence-corrected chi connectivity index (χ1v) is 12.2. The highest BCUT2D eigenvalue weighted by Gasteiger charge is 2.27. The molecule has 9 heteroatoms. The van der Waals surface area contributed by atoms with Crippen LogP contribution in [0, 0.1) is 4.78 Å². The van der Waals surface area contributed by atoms with Gasteiger partial charge in [0.2, 0.25) is 5.96 Å². The molecule has 150 valence electrons. The first kappa shape index (κ1) is 19.4. The monoisotopic (exact) mass is 418 g/mol. The molecule has 1 N–H and O–H groups in total. The molecule has 0 radical (unpaired) electrons. The van der Waals surface area contributed by atoms with Crippen molar-refractivity contribution in [3.8, 4) is 0 Å². The van der Waals surface area contributed by atoms with Crippen LogP contribution in [-0.4, -0.2) is 75.9 Å². The van der Waals surface area contributed by atoms with Crippen molar-refractivity contribution in [2.45, 2.75) is 13.0 Å². The summed E-state index contributed by atoms with van der Waals surface area (Å²) in [4.78, 5) is 16.3. The number of fused-ring (bicyclic) bond motifs is 1. The molecule has 2 aliphatic heterocycles. The number of hydrogen-bond acceptors (Lipinski definition) is 8. The minimum absolute atomic E-state index is 0.346. The van der Waals surface area contributed by atoms with E-state index in [-0.39, 0.29) is 0 Å². The Hall–Kier alpha value is -1.97. The summed E-state index contributed by atoms with van der Waals surface area (Å²) in [5, 5.41) is 0. The Morgan fingerprint density at radius 3 is 2.68 bits per heavy atom. The van der Waals surface area contributed by atoms with Gasteiger partial charge in [-0.05, 0) is 24.6 Å². The molecule has 2 aliphatic rings. The third-order valence-electron chi connectivity index (χ3n) is 5.54. The molecule has 0 aliphatic carbocycles. The molecule has 1 saturated heterocycles. The Balaban J connectivity index is 1.43. The van der Waals surface area contributed by atoms with E-state index in [2.05, 4.69) is 44.9 Å². The van der Waals surface area contributed by atoms with Crippen molar-refractivity contribution in [1.82, 2.24) is 19.7 Å². The van der Waals surface area contributed by atoms with Gasteiger partial charge in [0, 0.05) is 51.7 Å². The highest BCUT2D eigenvalue weighted by Crippen LogP contribution is 2.27. The van der Waals surface area contributed by atoms with Gasteiger partial charge in [-0.1, -0.05) is 6.07 Å². The first-order valence-electron chi connectivity index (χ1n) is 9.37. The van der Waals surface area contributed by atoms with E-state index in [1.807, 2.05) is 17.5 Å². The Labute approximate surface area is 170 Å². The quantitative estimate of drug-likeness (QED) is 0.830. The summed E-state index contributed by atoms with van der Waals surface area (Å²) in [6, 6.07) is 6.94. The van der Waals surface area contributed by atoms with Crippen LogP contribution in [0.4, 0.5) is 0 Å². The van der Waals surface area contributed by atoms with Gasteiger partial charge in [-0.25, -0.2) is 19.0 Å². The van der Waals surface area contributed by atoms with E-state index in [1.54, 1.807) is 17.5 Å². The van der Waals surface area contributed by atoms with Crippen molar-refractivity contribution in [3.63, 3.8) is 0 Å². The van der Waals surface area contributed by atoms with Crippen LogP contribution >= 0.6 is 11.3 Å². The summed E-state index contributed by atoms with van der Waals surface area (Å²) in [6.45, 7) is 6.48. The largest absolute Gasteiger partial charge is 0.341 e. The van der Waals surface area contributed by atoms with Crippen molar-refractivity contribution < 1.29 is 4.21 Å². The van der Waals surface area contributed by atoms with Crippen molar-refractivity contribution in [2.24, 2.45) is 4.99 Å². The van der Waals surface area contributed by atoms with Gasteiger partial charge >= 0.3 is 0 Å². The molecule has 4 rings (SSSR count). The SMILES string of the molecule is C[C@H](c1ccc2scnc2c1)N1CCN(C2=NC=C([S@](C)(=N)=O)CN2C)CC1. The molecule has 28 heavy (non-hydrogen) atoms. The molecule has 1 aromatic heterocycles. The van der Waals surface area contributed by atoms with E-state index in [9.17, 15) is 4.21 Å². The summed E-state index contributed by atoms with van der Waals surface area (Å²) in [5.74, 6) is 0.906. The normalized spacial score (nSPS) is 22.0. The smallest absolute Gasteiger partial charge is 0.201 e. The maximum absolute atomic E-state index is 12.0. The summed E-state index contributed by atoms with van der Waals surface area (Å²) in [7, 11) is -0.740. The number of aliphatic imine (C=N–C) groups is 1. The standard InChI is InChI=1S/C19H26N6OS2/c1-14(15-4-5-18-17(10-15)22-13-27-18)24-6-8-25(9-7-24)19-21-11-16(12-23(19)2)28(3,20)26/h4-5,10-11,13-14,20H,6-9,12H2,1-3H3/t14-,28-/m1/s1. The maximum atomic E-state index is 12.0. The van der Waals surface area contributed by atoms with Crippen LogP contribution in [0.5, 0.6) is 0 Å². The van der Waals surface area contributed by atoms with Gasteiger partial charge in [0.15, 0.2) is 0 Å². The molecule has 1 fully saturated rings.